The number of halogens is 3. The van der Waals surface area contributed by atoms with E-state index in [1.807, 2.05) is 0 Å². The zero-order valence-corrected chi connectivity index (χ0v) is 8.75. The number of benzene rings is 1. The molecule has 1 aliphatic rings. The Morgan fingerprint density at radius 1 is 1.24 bits per heavy atom. The van der Waals surface area contributed by atoms with E-state index in [0.29, 0.717) is 5.56 Å². The molecular formula is C11H10F3NO2. The van der Waals surface area contributed by atoms with E-state index in [2.05, 4.69) is 10.1 Å². The van der Waals surface area contributed by atoms with Gasteiger partial charge in [-0.25, -0.2) is 4.79 Å². The maximum absolute atomic E-state index is 12.2. The second-order valence-corrected chi connectivity index (χ2v) is 3.85. The Morgan fingerprint density at radius 3 is 2.24 bits per heavy atom. The highest BCUT2D eigenvalue weighted by Crippen LogP contribution is 2.32. The number of carbonyl (C=O) groups is 1. The minimum atomic E-state index is -4.96. The minimum Gasteiger partial charge on any atom is -0.445 e. The monoisotopic (exact) mass is 245 g/mol. The van der Waals surface area contributed by atoms with Gasteiger partial charge in [0.25, 0.3) is 0 Å². The average Bonchev–Trinajstić information content (AvgIpc) is 2.23. The highest BCUT2D eigenvalue weighted by atomic mass is 19.4. The van der Waals surface area contributed by atoms with Gasteiger partial charge in [-0.3, -0.25) is 0 Å². The smallest absolute Gasteiger partial charge is 0.445 e. The van der Waals surface area contributed by atoms with Crippen molar-refractivity contribution < 1.29 is 22.7 Å². The summed E-state index contributed by atoms with van der Waals surface area (Å²) in [4.78, 5) is 10.9. The minimum absolute atomic E-state index is 0.193. The molecule has 0 aliphatic carbocycles. The summed E-state index contributed by atoms with van der Waals surface area (Å²) in [7, 11) is 0. The van der Waals surface area contributed by atoms with Gasteiger partial charge in [0.2, 0.25) is 0 Å². The Morgan fingerprint density at radius 2 is 1.82 bits per heavy atom. The molecule has 0 amide bonds. The van der Waals surface area contributed by atoms with Crippen LogP contribution in [0.25, 0.3) is 0 Å². The number of alkyl halides is 3. The van der Waals surface area contributed by atoms with Crippen LogP contribution in [0.3, 0.4) is 0 Å². The third-order valence-corrected chi connectivity index (χ3v) is 2.64. The summed E-state index contributed by atoms with van der Waals surface area (Å²) in [5, 5.41) is 2.81. The lowest BCUT2D eigenvalue weighted by molar-refractivity contribution is -0.219. The van der Waals surface area contributed by atoms with E-state index < -0.39 is 17.7 Å². The molecule has 3 nitrogen and oxygen atoms in total. The maximum Gasteiger partial charge on any atom is 0.490 e. The molecule has 92 valence electrons. The van der Waals surface area contributed by atoms with Crippen molar-refractivity contribution in [2.75, 3.05) is 13.1 Å². The molecule has 0 unspecified atom stereocenters. The van der Waals surface area contributed by atoms with Crippen LogP contribution in [0.2, 0.25) is 0 Å². The fourth-order valence-corrected chi connectivity index (χ4v) is 1.66. The SMILES string of the molecule is O=C(OC1(c2ccccc2)CNC1)C(F)(F)F. The Balaban J connectivity index is 2.20. The van der Waals surface area contributed by atoms with Crippen LogP contribution >= 0.6 is 0 Å². The van der Waals surface area contributed by atoms with Crippen molar-refractivity contribution in [1.29, 1.82) is 0 Å². The summed E-state index contributed by atoms with van der Waals surface area (Å²) in [6.45, 7) is 0.387. The molecule has 17 heavy (non-hydrogen) atoms. The van der Waals surface area contributed by atoms with Crippen molar-refractivity contribution in [2.45, 2.75) is 11.8 Å². The molecule has 0 saturated carbocycles. The van der Waals surface area contributed by atoms with Crippen molar-refractivity contribution in [2.24, 2.45) is 0 Å². The Hall–Kier alpha value is -1.56. The lowest BCUT2D eigenvalue weighted by atomic mass is 9.88. The molecule has 2 rings (SSSR count). The second-order valence-electron chi connectivity index (χ2n) is 3.85. The van der Waals surface area contributed by atoms with Crippen molar-refractivity contribution in [3.63, 3.8) is 0 Å². The number of hydrogen-bond donors (Lipinski definition) is 1. The summed E-state index contributed by atoms with van der Waals surface area (Å²) in [6.07, 6.45) is -4.96. The summed E-state index contributed by atoms with van der Waals surface area (Å²) >= 11 is 0. The Bertz CT molecular complexity index is 412. The number of esters is 1. The molecular weight excluding hydrogens is 235 g/mol. The molecule has 6 heteroatoms. The zero-order chi connectivity index (χ0) is 12.5. The van der Waals surface area contributed by atoms with Crippen molar-refractivity contribution in [3.8, 4) is 0 Å². The first-order valence-electron chi connectivity index (χ1n) is 5.00. The first-order chi connectivity index (χ1) is 7.94. The molecule has 0 atom stereocenters. The molecule has 1 heterocycles. The van der Waals surface area contributed by atoms with Crippen LogP contribution in [0.1, 0.15) is 5.56 Å². The van der Waals surface area contributed by atoms with E-state index >= 15 is 0 Å². The van der Waals surface area contributed by atoms with Gasteiger partial charge < -0.3 is 10.1 Å². The van der Waals surface area contributed by atoms with Crippen molar-refractivity contribution in [3.05, 3.63) is 35.9 Å². The molecule has 1 saturated heterocycles. The van der Waals surface area contributed by atoms with Crippen molar-refractivity contribution >= 4 is 5.97 Å². The molecule has 0 spiro atoms. The molecule has 1 aromatic carbocycles. The van der Waals surface area contributed by atoms with E-state index in [4.69, 9.17) is 0 Å². The van der Waals surface area contributed by atoms with E-state index in [1.54, 1.807) is 30.3 Å². The normalized spacial score (nSPS) is 18.3. The molecule has 1 aliphatic heterocycles. The fraction of sp³-hybridized carbons (Fsp3) is 0.364. The Kier molecular flexibility index (Phi) is 2.82. The third-order valence-electron chi connectivity index (χ3n) is 2.64. The summed E-state index contributed by atoms with van der Waals surface area (Å²) in [5.74, 6) is -2.15. The first kappa shape index (κ1) is 11.9. The predicted molar refractivity (Wildman–Crippen MR) is 53.1 cm³/mol. The van der Waals surface area contributed by atoms with E-state index in [9.17, 15) is 18.0 Å². The van der Waals surface area contributed by atoms with Gasteiger partial charge in [0.15, 0.2) is 5.60 Å². The van der Waals surface area contributed by atoms with Crippen molar-refractivity contribution in [1.82, 2.24) is 5.32 Å². The van der Waals surface area contributed by atoms with Crippen LogP contribution in [-0.2, 0) is 15.1 Å². The Labute approximate surface area is 95.6 Å². The highest BCUT2D eigenvalue weighted by Gasteiger charge is 2.50. The van der Waals surface area contributed by atoms with E-state index in [-0.39, 0.29) is 13.1 Å². The lowest BCUT2D eigenvalue weighted by Crippen LogP contribution is -2.60. The number of rotatable bonds is 2. The van der Waals surface area contributed by atoms with Gasteiger partial charge in [-0.1, -0.05) is 30.3 Å². The van der Waals surface area contributed by atoms with E-state index in [1.165, 1.54) is 0 Å². The predicted octanol–water partition coefficient (Wildman–Crippen LogP) is 1.59. The molecule has 0 radical (unpaired) electrons. The summed E-state index contributed by atoms with van der Waals surface area (Å²) < 4.78 is 41.1. The van der Waals surface area contributed by atoms with Crippen LogP contribution in [0.15, 0.2) is 30.3 Å². The van der Waals surface area contributed by atoms with Gasteiger partial charge in [-0.15, -0.1) is 0 Å². The van der Waals surface area contributed by atoms with Crippen LogP contribution in [0.5, 0.6) is 0 Å². The summed E-state index contributed by atoms with van der Waals surface area (Å²) in [5.41, 5.74) is -0.621. The lowest BCUT2D eigenvalue weighted by Gasteiger charge is -2.42. The summed E-state index contributed by atoms with van der Waals surface area (Å²) in [6, 6.07) is 8.41. The maximum atomic E-state index is 12.2. The topological polar surface area (TPSA) is 38.3 Å². The van der Waals surface area contributed by atoms with Gasteiger partial charge in [0.05, 0.1) is 0 Å². The van der Waals surface area contributed by atoms with Gasteiger partial charge >= 0.3 is 12.1 Å². The second kappa shape index (κ2) is 4.03. The fourth-order valence-electron chi connectivity index (χ4n) is 1.66. The quantitative estimate of drug-likeness (QED) is 0.804. The molecule has 1 N–H and O–H groups in total. The van der Waals surface area contributed by atoms with Crippen LogP contribution in [0.4, 0.5) is 13.2 Å². The highest BCUT2D eigenvalue weighted by molar-refractivity contribution is 5.76. The van der Waals surface area contributed by atoms with Gasteiger partial charge in [0.1, 0.15) is 0 Å². The molecule has 0 aromatic heterocycles. The number of nitrogens with one attached hydrogen (secondary N) is 1. The molecule has 1 fully saturated rings. The van der Waals surface area contributed by atoms with Crippen LogP contribution < -0.4 is 5.32 Å². The van der Waals surface area contributed by atoms with Gasteiger partial charge in [-0.05, 0) is 5.56 Å². The largest absolute Gasteiger partial charge is 0.490 e. The van der Waals surface area contributed by atoms with Crippen LogP contribution in [-0.4, -0.2) is 25.2 Å². The first-order valence-corrected chi connectivity index (χ1v) is 5.00. The standard InChI is InChI=1S/C11H10F3NO2/c12-11(13,14)9(16)17-10(6-15-7-10)8-4-2-1-3-5-8/h1-5,15H,6-7H2. The number of ether oxygens (including phenoxy) is 1. The zero-order valence-electron chi connectivity index (χ0n) is 8.75. The number of carbonyl (C=O) groups excluding carboxylic acids is 1. The van der Waals surface area contributed by atoms with Gasteiger partial charge in [0, 0.05) is 13.1 Å². The van der Waals surface area contributed by atoms with Crippen LogP contribution in [0, 0.1) is 0 Å². The third kappa shape index (κ3) is 2.26. The average molecular weight is 245 g/mol. The van der Waals surface area contributed by atoms with E-state index in [0.717, 1.165) is 0 Å². The molecule has 0 bridgehead atoms. The van der Waals surface area contributed by atoms with Gasteiger partial charge in [-0.2, -0.15) is 13.2 Å². The number of hydrogen-bond acceptors (Lipinski definition) is 3. The molecule has 1 aromatic rings.